The number of hydrogen-bond donors (Lipinski definition) is 2. The van der Waals surface area contributed by atoms with Crippen LogP contribution >= 0.6 is 0 Å². The van der Waals surface area contributed by atoms with Crippen LogP contribution < -0.4 is 0 Å². The third kappa shape index (κ3) is 4.34. The van der Waals surface area contributed by atoms with Crippen LogP contribution in [0.15, 0.2) is 66.3 Å². The fraction of sp³-hybridized carbons (Fsp3) is 0.594. The number of hydrogen-bond acceptors (Lipinski definition) is 5. The van der Waals surface area contributed by atoms with Crippen LogP contribution in [-0.4, -0.2) is 56.1 Å². The number of benzene rings is 1. The predicted octanol–water partition coefficient (Wildman–Crippen LogP) is 5.99. The highest BCUT2D eigenvalue weighted by atomic mass is 19.4. The van der Waals surface area contributed by atoms with Crippen molar-refractivity contribution in [3.63, 3.8) is 0 Å². The molecule has 0 bridgehead atoms. The lowest BCUT2D eigenvalue weighted by molar-refractivity contribution is -0.208. The van der Waals surface area contributed by atoms with Crippen molar-refractivity contribution < 1.29 is 32.9 Å². The van der Waals surface area contributed by atoms with Gasteiger partial charge in [-0.1, -0.05) is 24.6 Å². The second kappa shape index (κ2) is 9.27. The van der Waals surface area contributed by atoms with Crippen LogP contribution in [0.1, 0.15) is 69.8 Å². The average molecular weight is 571 g/mol. The van der Waals surface area contributed by atoms with Gasteiger partial charge in [0.15, 0.2) is 5.79 Å². The molecule has 6 atom stereocenters. The Morgan fingerprint density at radius 2 is 1.80 bits per heavy atom. The number of aliphatic hydroxyl groups is 2. The van der Waals surface area contributed by atoms with Gasteiger partial charge in [0.05, 0.1) is 30.7 Å². The lowest BCUT2D eigenvalue weighted by atomic mass is 9.49. The molecule has 0 amide bonds. The van der Waals surface area contributed by atoms with E-state index in [1.807, 2.05) is 29.8 Å². The maximum atomic E-state index is 13.3. The Bertz CT molecular complexity index is 1360. The number of ether oxygens (including phenoxy) is 2. The number of imidazole rings is 1. The summed E-state index contributed by atoms with van der Waals surface area (Å²) >= 11 is 0. The summed E-state index contributed by atoms with van der Waals surface area (Å²) in [6.07, 6.45) is 6.53. The number of allylic oxidation sites excluding steroid dienone is 2. The van der Waals surface area contributed by atoms with E-state index in [4.69, 9.17) is 9.47 Å². The van der Waals surface area contributed by atoms with Gasteiger partial charge in [-0.05, 0) is 79.7 Å². The van der Waals surface area contributed by atoms with Gasteiger partial charge in [0.25, 0.3) is 0 Å². The molecule has 220 valence electrons. The zero-order valence-electron chi connectivity index (χ0n) is 23.2. The molecule has 6 nitrogen and oxygen atoms in total. The molecular formula is C32H37F3N2O4. The third-order valence-corrected chi connectivity index (χ3v) is 11.1. The van der Waals surface area contributed by atoms with Gasteiger partial charge < -0.3 is 24.3 Å². The van der Waals surface area contributed by atoms with Crippen LogP contribution in [0.3, 0.4) is 0 Å². The SMILES string of the molecule is C[C@]12C[C@H](c3ccc(-n4ccnc4)cc3)C3=C4CCC5(C[C@]4(O)CCC3C1CC[C@@]2(O)/C=C/C(F)(F)F)OCCO5. The molecule has 1 saturated heterocycles. The van der Waals surface area contributed by atoms with E-state index in [1.165, 1.54) is 5.57 Å². The molecule has 4 fully saturated rings. The molecule has 2 heterocycles. The Hall–Kier alpha value is -2.46. The van der Waals surface area contributed by atoms with Crippen LogP contribution in [0.4, 0.5) is 13.2 Å². The van der Waals surface area contributed by atoms with E-state index in [0.29, 0.717) is 64.6 Å². The Morgan fingerprint density at radius 3 is 2.49 bits per heavy atom. The van der Waals surface area contributed by atoms with E-state index in [9.17, 15) is 23.4 Å². The molecule has 41 heavy (non-hydrogen) atoms. The standard InChI is InChI=1S/C32H37F3N2O4/c1-28-18-24(21-2-4-22(5-3-21)37-15-14-36-20-37)27-23(25(28)7-10-30(28,39)12-13-32(33,34)35)6-9-29(38)19-31(11-8-26(27)29)40-16-17-41-31/h2-5,12-15,20,23-25,38-39H,6-11,16-19H2,1H3/b13-12+/t23?,24-,25?,28+,29-,30-/m1/s1. The first kappa shape index (κ1) is 27.4. The molecule has 1 spiro atoms. The summed E-state index contributed by atoms with van der Waals surface area (Å²) in [5, 5.41) is 24.0. The van der Waals surface area contributed by atoms with Crippen LogP contribution in [0, 0.1) is 17.3 Å². The van der Waals surface area contributed by atoms with Crippen molar-refractivity contribution in [3.8, 4) is 5.69 Å². The Morgan fingerprint density at radius 1 is 1.05 bits per heavy atom. The molecule has 2 unspecified atom stereocenters. The van der Waals surface area contributed by atoms with Gasteiger partial charge in [0.2, 0.25) is 0 Å². The van der Waals surface area contributed by atoms with Crippen LogP contribution in [0.5, 0.6) is 0 Å². The minimum atomic E-state index is -4.49. The van der Waals surface area contributed by atoms with Crippen molar-refractivity contribution in [3.05, 3.63) is 71.8 Å². The van der Waals surface area contributed by atoms with E-state index in [2.05, 4.69) is 17.1 Å². The van der Waals surface area contributed by atoms with Crippen molar-refractivity contribution in [2.24, 2.45) is 17.3 Å². The monoisotopic (exact) mass is 570 g/mol. The summed E-state index contributed by atoms with van der Waals surface area (Å²) in [6.45, 7) is 3.04. The molecule has 1 aromatic carbocycles. The van der Waals surface area contributed by atoms with Gasteiger partial charge in [0.1, 0.15) is 0 Å². The highest BCUT2D eigenvalue weighted by molar-refractivity contribution is 5.46. The van der Waals surface area contributed by atoms with Crippen molar-refractivity contribution >= 4 is 0 Å². The maximum Gasteiger partial charge on any atom is 0.409 e. The van der Waals surface area contributed by atoms with Crippen LogP contribution in [0.2, 0.25) is 0 Å². The Labute approximate surface area is 237 Å². The van der Waals surface area contributed by atoms with Crippen molar-refractivity contribution in [2.45, 2.75) is 87.4 Å². The van der Waals surface area contributed by atoms with Crippen molar-refractivity contribution in [1.82, 2.24) is 9.55 Å². The van der Waals surface area contributed by atoms with Crippen molar-refractivity contribution in [1.29, 1.82) is 0 Å². The topological polar surface area (TPSA) is 76.7 Å². The van der Waals surface area contributed by atoms with Gasteiger partial charge in [-0.3, -0.25) is 0 Å². The second-order valence-electron chi connectivity index (χ2n) is 13.1. The first-order valence-electron chi connectivity index (χ1n) is 14.8. The van der Waals surface area contributed by atoms with Gasteiger partial charge in [-0.25, -0.2) is 4.98 Å². The zero-order valence-corrected chi connectivity index (χ0v) is 23.2. The van der Waals surface area contributed by atoms with Crippen LogP contribution in [-0.2, 0) is 9.47 Å². The minimum absolute atomic E-state index is 0.0220. The molecule has 7 rings (SSSR count). The molecule has 9 heteroatoms. The molecular weight excluding hydrogens is 533 g/mol. The predicted molar refractivity (Wildman–Crippen MR) is 145 cm³/mol. The average Bonchev–Trinajstić information content (AvgIpc) is 3.68. The number of fused-ring (bicyclic) bond motifs is 4. The molecule has 2 aromatic rings. The van der Waals surface area contributed by atoms with E-state index in [0.717, 1.165) is 22.9 Å². The smallest absolute Gasteiger partial charge is 0.385 e. The third-order valence-electron chi connectivity index (χ3n) is 11.1. The molecule has 0 radical (unpaired) electrons. The number of halogens is 3. The van der Waals surface area contributed by atoms with Gasteiger partial charge in [-0.2, -0.15) is 13.2 Å². The number of rotatable bonds is 3. The van der Waals surface area contributed by atoms with Gasteiger partial charge >= 0.3 is 6.18 Å². The zero-order chi connectivity index (χ0) is 28.7. The lowest BCUT2D eigenvalue weighted by Crippen LogP contribution is -2.55. The quantitative estimate of drug-likeness (QED) is 0.444. The first-order chi connectivity index (χ1) is 19.4. The summed E-state index contributed by atoms with van der Waals surface area (Å²) < 4.78 is 53.8. The summed E-state index contributed by atoms with van der Waals surface area (Å²) in [5.41, 5.74) is 0.949. The number of aromatic nitrogens is 2. The number of alkyl halides is 3. The molecule has 5 aliphatic rings. The molecule has 4 aliphatic carbocycles. The van der Waals surface area contributed by atoms with Gasteiger partial charge in [0, 0.05) is 48.3 Å². The highest BCUT2D eigenvalue weighted by Gasteiger charge is 2.64. The van der Waals surface area contributed by atoms with Gasteiger partial charge in [-0.15, -0.1) is 0 Å². The lowest BCUT2D eigenvalue weighted by Gasteiger charge is -2.57. The van der Waals surface area contributed by atoms with E-state index in [-0.39, 0.29) is 23.8 Å². The normalized spacial score (nSPS) is 38.3. The Kier molecular flexibility index (Phi) is 6.19. The highest BCUT2D eigenvalue weighted by Crippen LogP contribution is 2.68. The second-order valence-corrected chi connectivity index (χ2v) is 13.1. The Balaban J connectivity index is 1.33. The summed E-state index contributed by atoms with van der Waals surface area (Å²) in [7, 11) is 0. The molecule has 2 N–H and O–H groups in total. The fourth-order valence-corrected chi connectivity index (χ4v) is 9.15. The minimum Gasteiger partial charge on any atom is -0.385 e. The van der Waals surface area contributed by atoms with E-state index >= 15 is 0 Å². The summed E-state index contributed by atoms with van der Waals surface area (Å²) in [5.74, 6) is -0.778. The number of nitrogens with zero attached hydrogens (tertiary/aromatic N) is 2. The van der Waals surface area contributed by atoms with E-state index in [1.54, 1.807) is 12.5 Å². The molecule has 1 aliphatic heterocycles. The van der Waals surface area contributed by atoms with Crippen LogP contribution in [0.25, 0.3) is 5.69 Å². The molecule has 1 aromatic heterocycles. The first-order valence-corrected chi connectivity index (χ1v) is 14.8. The largest absolute Gasteiger partial charge is 0.409 e. The maximum absolute atomic E-state index is 13.3. The molecule has 3 saturated carbocycles. The summed E-state index contributed by atoms with van der Waals surface area (Å²) in [6, 6.07) is 8.21. The van der Waals surface area contributed by atoms with Crippen molar-refractivity contribution in [2.75, 3.05) is 13.2 Å². The fourth-order valence-electron chi connectivity index (χ4n) is 9.15. The van der Waals surface area contributed by atoms with E-state index < -0.39 is 28.6 Å². The summed E-state index contributed by atoms with van der Waals surface area (Å²) in [4.78, 5) is 4.14.